The second-order valence-corrected chi connectivity index (χ2v) is 8.17. The minimum absolute atomic E-state index is 0.363. The lowest BCUT2D eigenvalue weighted by atomic mass is 10.1. The molecule has 2 amide bonds. The normalized spacial score (nSPS) is 16.0. The highest BCUT2D eigenvalue weighted by molar-refractivity contribution is 6.30. The molecule has 1 aliphatic heterocycles. The Labute approximate surface area is 190 Å². The van der Waals surface area contributed by atoms with Gasteiger partial charge in [-0.3, -0.25) is 9.59 Å². The van der Waals surface area contributed by atoms with Crippen molar-refractivity contribution in [2.45, 2.75) is 12.2 Å². The molecule has 1 aliphatic rings. The van der Waals surface area contributed by atoms with Gasteiger partial charge in [0.15, 0.2) is 12.2 Å². The van der Waals surface area contributed by atoms with E-state index in [1.165, 1.54) is 4.90 Å². The van der Waals surface area contributed by atoms with Crippen molar-refractivity contribution in [2.24, 2.45) is 0 Å². The molecule has 3 aromatic carbocycles. The monoisotopic (exact) mass is 453 g/mol. The quantitative estimate of drug-likeness (QED) is 0.552. The summed E-state index contributed by atoms with van der Waals surface area (Å²) in [5.41, 5.74) is 1.43. The highest BCUT2D eigenvalue weighted by atomic mass is 35.5. The fourth-order valence-corrected chi connectivity index (χ4v) is 3.99. The molecule has 1 saturated heterocycles. The third-order valence-corrected chi connectivity index (χ3v) is 5.84. The van der Waals surface area contributed by atoms with Gasteiger partial charge in [0.2, 0.25) is 0 Å². The number of carbonyl (C=O) groups is 2. The van der Waals surface area contributed by atoms with Crippen molar-refractivity contribution in [3.8, 4) is 0 Å². The number of halogens is 1. The van der Waals surface area contributed by atoms with Crippen LogP contribution in [0.3, 0.4) is 0 Å². The van der Waals surface area contributed by atoms with Gasteiger partial charge < -0.3 is 25.3 Å². The van der Waals surface area contributed by atoms with E-state index < -0.39 is 24.0 Å². The number of nitrogens with zero attached hydrogens (tertiary/aromatic N) is 2. The second-order valence-electron chi connectivity index (χ2n) is 7.73. The average Bonchev–Trinajstić information content (AvgIpc) is 2.82. The third-order valence-electron chi connectivity index (χ3n) is 5.60. The highest BCUT2D eigenvalue weighted by Crippen LogP contribution is 2.22. The van der Waals surface area contributed by atoms with Crippen LogP contribution < -0.4 is 10.2 Å². The lowest BCUT2D eigenvalue weighted by Crippen LogP contribution is -2.55. The van der Waals surface area contributed by atoms with E-state index in [0.717, 1.165) is 16.5 Å². The first-order valence-corrected chi connectivity index (χ1v) is 10.8. The van der Waals surface area contributed by atoms with Gasteiger partial charge in [-0.1, -0.05) is 48.0 Å². The lowest BCUT2D eigenvalue weighted by molar-refractivity contribution is -0.151. The molecule has 8 heteroatoms. The van der Waals surface area contributed by atoms with E-state index in [4.69, 9.17) is 11.6 Å². The maximum absolute atomic E-state index is 12.7. The van der Waals surface area contributed by atoms with Gasteiger partial charge >= 0.3 is 0 Å². The number of hydrogen-bond donors (Lipinski definition) is 3. The van der Waals surface area contributed by atoms with Crippen molar-refractivity contribution in [3.05, 3.63) is 71.8 Å². The van der Waals surface area contributed by atoms with Crippen LogP contribution in [0.25, 0.3) is 10.8 Å². The van der Waals surface area contributed by atoms with Crippen molar-refractivity contribution in [1.29, 1.82) is 0 Å². The molecule has 4 rings (SSSR count). The molecule has 0 spiro atoms. The summed E-state index contributed by atoms with van der Waals surface area (Å²) in [7, 11) is 0. The van der Waals surface area contributed by atoms with Crippen LogP contribution in [-0.4, -0.2) is 65.3 Å². The van der Waals surface area contributed by atoms with Crippen molar-refractivity contribution >= 4 is 45.6 Å². The maximum atomic E-state index is 12.7. The third kappa shape index (κ3) is 4.85. The Kier molecular flexibility index (Phi) is 6.60. The first-order valence-electron chi connectivity index (χ1n) is 10.4. The van der Waals surface area contributed by atoms with Crippen LogP contribution in [0.2, 0.25) is 5.02 Å². The molecule has 166 valence electrons. The maximum Gasteiger partial charge on any atom is 0.256 e. The van der Waals surface area contributed by atoms with E-state index in [-0.39, 0.29) is 0 Å². The van der Waals surface area contributed by atoms with E-state index >= 15 is 0 Å². The number of aliphatic hydroxyl groups excluding tert-OH is 2. The molecule has 0 bridgehead atoms. The number of hydrogen-bond acceptors (Lipinski definition) is 5. The van der Waals surface area contributed by atoms with Gasteiger partial charge in [0.1, 0.15) is 0 Å². The smallest absolute Gasteiger partial charge is 0.256 e. The summed E-state index contributed by atoms with van der Waals surface area (Å²) in [6.07, 6.45) is -3.71. The number of fused-ring (bicyclic) bond motifs is 1. The van der Waals surface area contributed by atoms with Crippen LogP contribution in [0.1, 0.15) is 0 Å². The van der Waals surface area contributed by atoms with Crippen LogP contribution in [0.4, 0.5) is 11.4 Å². The summed E-state index contributed by atoms with van der Waals surface area (Å²) in [5.74, 6) is -1.50. The number of anilines is 2. The van der Waals surface area contributed by atoms with Crippen molar-refractivity contribution in [3.63, 3.8) is 0 Å². The van der Waals surface area contributed by atoms with Gasteiger partial charge in [-0.15, -0.1) is 0 Å². The predicted molar refractivity (Wildman–Crippen MR) is 125 cm³/mol. The van der Waals surface area contributed by atoms with Crippen molar-refractivity contribution in [2.75, 3.05) is 36.4 Å². The number of amides is 2. The zero-order valence-electron chi connectivity index (χ0n) is 17.3. The molecule has 0 unspecified atom stereocenters. The van der Waals surface area contributed by atoms with E-state index in [0.29, 0.717) is 36.9 Å². The van der Waals surface area contributed by atoms with Gasteiger partial charge in [-0.25, -0.2) is 0 Å². The lowest BCUT2D eigenvalue weighted by Gasteiger charge is -2.37. The molecule has 0 aromatic heterocycles. The van der Waals surface area contributed by atoms with Gasteiger partial charge in [0, 0.05) is 42.6 Å². The summed E-state index contributed by atoms with van der Waals surface area (Å²) < 4.78 is 0. The van der Waals surface area contributed by atoms with Crippen molar-refractivity contribution in [1.82, 2.24) is 4.90 Å². The van der Waals surface area contributed by atoms with Gasteiger partial charge in [-0.2, -0.15) is 0 Å². The molecule has 7 nitrogen and oxygen atoms in total. The van der Waals surface area contributed by atoms with Crippen LogP contribution in [0.15, 0.2) is 66.7 Å². The molecule has 1 fully saturated rings. The molecular formula is C24H24ClN3O4. The minimum atomic E-state index is -1.88. The number of rotatable bonds is 5. The second kappa shape index (κ2) is 9.56. The Morgan fingerprint density at radius 3 is 2.28 bits per heavy atom. The average molecular weight is 454 g/mol. The summed E-state index contributed by atoms with van der Waals surface area (Å²) in [6, 6.07) is 20.4. The molecule has 0 saturated carbocycles. The number of aliphatic hydroxyl groups is 2. The van der Waals surface area contributed by atoms with E-state index in [1.807, 2.05) is 48.5 Å². The Morgan fingerprint density at radius 1 is 0.844 bits per heavy atom. The van der Waals surface area contributed by atoms with Gasteiger partial charge in [0.25, 0.3) is 11.8 Å². The molecule has 1 heterocycles. The molecule has 3 aromatic rings. The van der Waals surface area contributed by atoms with E-state index in [2.05, 4.69) is 10.2 Å². The molecule has 2 atom stereocenters. The van der Waals surface area contributed by atoms with Crippen molar-refractivity contribution < 1.29 is 19.8 Å². The van der Waals surface area contributed by atoms with Crippen LogP contribution in [-0.2, 0) is 9.59 Å². The molecule has 32 heavy (non-hydrogen) atoms. The summed E-state index contributed by atoms with van der Waals surface area (Å²) >= 11 is 6.05. The summed E-state index contributed by atoms with van der Waals surface area (Å²) in [4.78, 5) is 28.6. The van der Waals surface area contributed by atoms with E-state index in [1.54, 1.807) is 18.2 Å². The first-order chi connectivity index (χ1) is 15.4. The number of benzene rings is 3. The largest absolute Gasteiger partial charge is 0.380 e. The topological polar surface area (TPSA) is 93.1 Å². The zero-order valence-corrected chi connectivity index (χ0v) is 18.1. The zero-order chi connectivity index (χ0) is 22.7. The van der Waals surface area contributed by atoms with Crippen LogP contribution >= 0.6 is 11.6 Å². The summed E-state index contributed by atoms with van der Waals surface area (Å²) in [6.45, 7) is 1.83. The first kappa shape index (κ1) is 22.1. The van der Waals surface area contributed by atoms with E-state index in [9.17, 15) is 19.8 Å². The molecular weight excluding hydrogens is 430 g/mol. The Bertz CT molecular complexity index is 1130. The van der Waals surface area contributed by atoms with Gasteiger partial charge in [-0.05, 0) is 41.1 Å². The fourth-order valence-electron chi connectivity index (χ4n) is 3.81. The fraction of sp³-hybridized carbons (Fsp3) is 0.250. The molecule has 0 aliphatic carbocycles. The predicted octanol–water partition coefficient (Wildman–Crippen LogP) is 2.50. The number of piperazine rings is 1. The SMILES string of the molecule is O=C(Nc1ccc2ccccc2c1)[C@H](O)[C@@H](O)C(=O)N1CCN(c2cccc(Cl)c2)CC1. The Balaban J connectivity index is 1.34. The Hall–Kier alpha value is -3.13. The van der Waals surface area contributed by atoms with Gasteiger partial charge in [0.05, 0.1) is 0 Å². The number of nitrogens with one attached hydrogen (secondary N) is 1. The highest BCUT2D eigenvalue weighted by Gasteiger charge is 2.34. The van der Waals surface area contributed by atoms with Crippen LogP contribution in [0.5, 0.6) is 0 Å². The standard InChI is InChI=1S/C24H24ClN3O4/c25-18-6-3-7-20(15-18)27-10-12-28(13-11-27)24(32)22(30)21(29)23(31)26-19-9-8-16-4-1-2-5-17(16)14-19/h1-9,14-15,21-22,29-30H,10-13H2,(H,26,31)/t21-,22-/m1/s1. The summed E-state index contributed by atoms with van der Waals surface area (Å²) in [5, 5.41) is 25.8. The minimum Gasteiger partial charge on any atom is -0.380 e. The Morgan fingerprint density at radius 2 is 1.56 bits per heavy atom. The number of carbonyl (C=O) groups excluding carboxylic acids is 2. The van der Waals surface area contributed by atoms with Crippen LogP contribution in [0, 0.1) is 0 Å². The molecule has 0 radical (unpaired) electrons. The molecule has 3 N–H and O–H groups in total.